The van der Waals surface area contributed by atoms with Crippen LogP contribution in [0.2, 0.25) is 0 Å². The van der Waals surface area contributed by atoms with E-state index in [0.717, 1.165) is 32.1 Å². The first-order valence-electron chi connectivity index (χ1n) is 7.59. The zero-order valence-electron chi connectivity index (χ0n) is 12.9. The monoisotopic (exact) mass is 288 g/mol. The fourth-order valence-electron chi connectivity index (χ4n) is 2.56. The van der Waals surface area contributed by atoms with E-state index in [9.17, 15) is 9.90 Å². The van der Waals surface area contributed by atoms with Crippen molar-refractivity contribution in [3.8, 4) is 0 Å². The standard InChI is InChI=1S/C15H28O5/c1-4-18-14(17)9-7-5-6-8-12-10-13(11-16)20-15(2,3)19-12/h12-13,16H,4-11H2,1-3H3/t12-,13-/m1/s1. The van der Waals surface area contributed by atoms with E-state index < -0.39 is 5.79 Å². The summed E-state index contributed by atoms with van der Waals surface area (Å²) in [5.74, 6) is -0.738. The molecule has 0 aromatic rings. The molecule has 1 fully saturated rings. The number of ether oxygens (including phenoxy) is 3. The maximum atomic E-state index is 11.2. The molecule has 0 aromatic heterocycles. The van der Waals surface area contributed by atoms with Gasteiger partial charge in [0.25, 0.3) is 0 Å². The second-order valence-electron chi connectivity index (χ2n) is 5.70. The van der Waals surface area contributed by atoms with Gasteiger partial charge in [0.05, 0.1) is 25.4 Å². The third kappa shape index (κ3) is 6.68. The third-order valence-corrected chi connectivity index (χ3v) is 3.34. The molecule has 0 amide bonds. The molecule has 1 heterocycles. The minimum Gasteiger partial charge on any atom is -0.466 e. The summed E-state index contributed by atoms with van der Waals surface area (Å²) in [6, 6.07) is 0. The van der Waals surface area contributed by atoms with Crippen LogP contribution in [0.25, 0.3) is 0 Å². The Kier molecular flexibility index (Phi) is 7.48. The van der Waals surface area contributed by atoms with Crippen LogP contribution >= 0.6 is 0 Å². The Bertz CT molecular complexity index is 290. The van der Waals surface area contributed by atoms with Gasteiger partial charge in [0.1, 0.15) is 0 Å². The minimum absolute atomic E-state index is 0.0339. The van der Waals surface area contributed by atoms with Crippen LogP contribution in [0.4, 0.5) is 0 Å². The lowest BCUT2D eigenvalue weighted by Crippen LogP contribution is -2.45. The van der Waals surface area contributed by atoms with Crippen LogP contribution < -0.4 is 0 Å². The summed E-state index contributed by atoms with van der Waals surface area (Å²) in [4.78, 5) is 11.2. The van der Waals surface area contributed by atoms with Gasteiger partial charge in [-0.15, -0.1) is 0 Å². The topological polar surface area (TPSA) is 65.0 Å². The molecule has 0 aromatic carbocycles. The van der Waals surface area contributed by atoms with Crippen molar-refractivity contribution >= 4 is 5.97 Å². The molecule has 0 spiro atoms. The molecule has 1 aliphatic rings. The van der Waals surface area contributed by atoms with Gasteiger partial charge >= 0.3 is 5.97 Å². The van der Waals surface area contributed by atoms with E-state index in [2.05, 4.69) is 0 Å². The fraction of sp³-hybridized carbons (Fsp3) is 0.933. The summed E-state index contributed by atoms with van der Waals surface area (Å²) in [5, 5.41) is 9.23. The van der Waals surface area contributed by atoms with Gasteiger partial charge in [-0.05, 0) is 33.6 Å². The Labute approximate surface area is 121 Å². The van der Waals surface area contributed by atoms with E-state index >= 15 is 0 Å². The van der Waals surface area contributed by atoms with E-state index in [1.165, 1.54) is 0 Å². The number of carbonyl (C=O) groups is 1. The number of unbranched alkanes of at least 4 members (excludes halogenated alkanes) is 2. The molecule has 0 bridgehead atoms. The molecular formula is C15H28O5. The van der Waals surface area contributed by atoms with Crippen molar-refractivity contribution in [3.63, 3.8) is 0 Å². The average molecular weight is 288 g/mol. The van der Waals surface area contributed by atoms with Crippen molar-refractivity contribution < 1.29 is 24.1 Å². The van der Waals surface area contributed by atoms with Gasteiger partial charge in [-0.3, -0.25) is 4.79 Å². The van der Waals surface area contributed by atoms with Crippen LogP contribution in [0, 0.1) is 0 Å². The highest BCUT2D eigenvalue weighted by Crippen LogP contribution is 2.29. The van der Waals surface area contributed by atoms with Gasteiger partial charge in [-0.1, -0.05) is 12.8 Å². The first kappa shape index (κ1) is 17.4. The molecule has 20 heavy (non-hydrogen) atoms. The zero-order chi connectivity index (χ0) is 15.0. The van der Waals surface area contributed by atoms with Gasteiger partial charge in [-0.25, -0.2) is 0 Å². The number of carbonyl (C=O) groups excluding carboxylic acids is 1. The maximum absolute atomic E-state index is 11.2. The molecule has 118 valence electrons. The first-order valence-corrected chi connectivity index (χ1v) is 7.59. The number of hydrogen-bond acceptors (Lipinski definition) is 5. The predicted molar refractivity (Wildman–Crippen MR) is 75.2 cm³/mol. The largest absolute Gasteiger partial charge is 0.466 e. The van der Waals surface area contributed by atoms with Crippen LogP contribution in [0.1, 0.15) is 59.3 Å². The lowest BCUT2D eigenvalue weighted by molar-refractivity contribution is -0.304. The number of aliphatic hydroxyl groups excluding tert-OH is 1. The second kappa shape index (κ2) is 8.60. The summed E-state index contributed by atoms with van der Waals surface area (Å²) in [6.07, 6.45) is 5.01. The molecule has 0 unspecified atom stereocenters. The van der Waals surface area contributed by atoms with E-state index in [4.69, 9.17) is 14.2 Å². The molecule has 1 aliphatic heterocycles. The highest BCUT2D eigenvalue weighted by atomic mass is 16.7. The van der Waals surface area contributed by atoms with Crippen molar-refractivity contribution in [3.05, 3.63) is 0 Å². The highest BCUT2D eigenvalue weighted by Gasteiger charge is 2.34. The molecule has 2 atom stereocenters. The fourth-order valence-corrected chi connectivity index (χ4v) is 2.56. The van der Waals surface area contributed by atoms with Crippen LogP contribution in [-0.2, 0) is 19.0 Å². The average Bonchev–Trinajstić information content (AvgIpc) is 2.36. The summed E-state index contributed by atoms with van der Waals surface area (Å²) in [6.45, 7) is 6.06. The Balaban J connectivity index is 2.16. The van der Waals surface area contributed by atoms with Crippen LogP contribution in [0.5, 0.6) is 0 Å². The van der Waals surface area contributed by atoms with E-state index in [-0.39, 0.29) is 24.8 Å². The summed E-state index contributed by atoms with van der Waals surface area (Å²) in [5.41, 5.74) is 0. The number of aliphatic hydroxyl groups is 1. The first-order chi connectivity index (χ1) is 9.46. The molecular weight excluding hydrogens is 260 g/mol. The van der Waals surface area contributed by atoms with Gasteiger partial charge in [-0.2, -0.15) is 0 Å². The normalized spacial score (nSPS) is 25.4. The molecule has 5 nitrogen and oxygen atoms in total. The molecule has 5 heteroatoms. The van der Waals surface area contributed by atoms with Crippen molar-refractivity contribution in [2.45, 2.75) is 77.3 Å². The van der Waals surface area contributed by atoms with E-state index in [1.54, 1.807) is 0 Å². The van der Waals surface area contributed by atoms with E-state index in [1.807, 2.05) is 20.8 Å². The SMILES string of the molecule is CCOC(=O)CCCCC[C@@H]1C[C@H](CO)OC(C)(C)O1. The Morgan fingerprint density at radius 1 is 1.25 bits per heavy atom. The maximum Gasteiger partial charge on any atom is 0.305 e. The Morgan fingerprint density at radius 2 is 1.95 bits per heavy atom. The summed E-state index contributed by atoms with van der Waals surface area (Å²) in [7, 11) is 0. The second-order valence-corrected chi connectivity index (χ2v) is 5.70. The van der Waals surface area contributed by atoms with Gasteiger partial charge < -0.3 is 19.3 Å². The van der Waals surface area contributed by atoms with Crippen molar-refractivity contribution in [1.29, 1.82) is 0 Å². The molecule has 0 saturated carbocycles. The van der Waals surface area contributed by atoms with Crippen LogP contribution in [0.15, 0.2) is 0 Å². The van der Waals surface area contributed by atoms with Gasteiger partial charge in [0, 0.05) is 12.8 Å². The molecule has 0 aliphatic carbocycles. The molecule has 0 radical (unpaired) electrons. The summed E-state index contributed by atoms with van der Waals surface area (Å²) < 4.78 is 16.3. The predicted octanol–water partition coefficient (Wildman–Crippen LogP) is 2.40. The summed E-state index contributed by atoms with van der Waals surface area (Å²) >= 11 is 0. The van der Waals surface area contributed by atoms with Gasteiger partial charge in [0.2, 0.25) is 0 Å². The quantitative estimate of drug-likeness (QED) is 0.549. The lowest BCUT2D eigenvalue weighted by Gasteiger charge is -2.40. The molecule has 1 saturated heterocycles. The Hall–Kier alpha value is -0.650. The number of hydrogen-bond donors (Lipinski definition) is 1. The van der Waals surface area contributed by atoms with Crippen LogP contribution in [0.3, 0.4) is 0 Å². The molecule has 1 N–H and O–H groups in total. The van der Waals surface area contributed by atoms with E-state index in [0.29, 0.717) is 13.0 Å². The third-order valence-electron chi connectivity index (χ3n) is 3.34. The molecule has 1 rings (SSSR count). The Morgan fingerprint density at radius 3 is 2.60 bits per heavy atom. The lowest BCUT2D eigenvalue weighted by atomic mass is 10.0. The minimum atomic E-state index is -0.624. The van der Waals surface area contributed by atoms with Gasteiger partial charge in [0.15, 0.2) is 5.79 Å². The van der Waals surface area contributed by atoms with Crippen molar-refractivity contribution in [2.75, 3.05) is 13.2 Å². The number of esters is 1. The van der Waals surface area contributed by atoms with Crippen molar-refractivity contribution in [1.82, 2.24) is 0 Å². The number of rotatable bonds is 8. The highest BCUT2D eigenvalue weighted by molar-refractivity contribution is 5.69. The smallest absolute Gasteiger partial charge is 0.305 e. The zero-order valence-corrected chi connectivity index (χ0v) is 12.9. The van der Waals surface area contributed by atoms with Crippen molar-refractivity contribution in [2.24, 2.45) is 0 Å². The van der Waals surface area contributed by atoms with Crippen LogP contribution in [-0.4, -0.2) is 42.3 Å².